The maximum absolute atomic E-state index is 14.4. The van der Waals surface area contributed by atoms with Gasteiger partial charge in [-0.1, -0.05) is 19.8 Å². The van der Waals surface area contributed by atoms with Gasteiger partial charge < -0.3 is 35.0 Å². The summed E-state index contributed by atoms with van der Waals surface area (Å²) in [5.41, 5.74) is 0.292. The molecule has 5 rings (SSSR count). The SMILES string of the molecule is CCOc1ccc(NC(=O)[C@@H]2[C@H]3C(=O)N(CCCCCCO)C(C(=O)Nc4ccc(N(CC)CC)cc4)C34CC(C)[C@@]2(C)O4)cc1. The molecular weight excluding hydrogens is 584 g/mol. The first kappa shape index (κ1) is 33.7. The molecule has 3 saturated heterocycles. The van der Waals surface area contributed by atoms with Gasteiger partial charge in [-0.3, -0.25) is 14.4 Å². The Balaban J connectivity index is 1.43. The van der Waals surface area contributed by atoms with E-state index in [9.17, 15) is 19.5 Å². The number of ether oxygens (including phenoxy) is 2. The van der Waals surface area contributed by atoms with E-state index < -0.39 is 29.1 Å². The van der Waals surface area contributed by atoms with E-state index in [4.69, 9.17) is 9.47 Å². The lowest BCUT2D eigenvalue weighted by atomic mass is 9.62. The molecule has 3 unspecified atom stereocenters. The average molecular weight is 635 g/mol. The lowest BCUT2D eigenvalue weighted by molar-refractivity contribution is -0.144. The zero-order valence-corrected chi connectivity index (χ0v) is 27.9. The number of unbranched alkanes of at least 4 members (excludes halogenated alkanes) is 3. The summed E-state index contributed by atoms with van der Waals surface area (Å²) in [6, 6.07) is 14.1. The van der Waals surface area contributed by atoms with Gasteiger partial charge in [-0.2, -0.15) is 0 Å². The molecule has 0 aromatic heterocycles. The Bertz CT molecular complexity index is 1380. The minimum absolute atomic E-state index is 0.0548. The topological polar surface area (TPSA) is 120 Å². The summed E-state index contributed by atoms with van der Waals surface area (Å²) in [5.74, 6) is -1.68. The number of hydrogen-bond acceptors (Lipinski definition) is 7. The Hall–Kier alpha value is -3.63. The zero-order chi connectivity index (χ0) is 33.1. The van der Waals surface area contributed by atoms with Crippen molar-refractivity contribution in [1.29, 1.82) is 0 Å². The van der Waals surface area contributed by atoms with Crippen LogP contribution in [0.5, 0.6) is 5.75 Å². The Morgan fingerprint density at radius 2 is 1.57 bits per heavy atom. The summed E-state index contributed by atoms with van der Waals surface area (Å²) in [7, 11) is 0. The van der Waals surface area contributed by atoms with E-state index in [0.29, 0.717) is 49.5 Å². The second-order valence-corrected chi connectivity index (χ2v) is 13.0. The molecule has 0 saturated carbocycles. The molecule has 46 heavy (non-hydrogen) atoms. The van der Waals surface area contributed by atoms with Gasteiger partial charge in [0.25, 0.3) is 0 Å². The van der Waals surface area contributed by atoms with E-state index in [1.165, 1.54) is 0 Å². The lowest BCUT2D eigenvalue weighted by Crippen LogP contribution is -2.54. The first-order valence-electron chi connectivity index (χ1n) is 16.9. The lowest BCUT2D eigenvalue weighted by Gasteiger charge is -2.36. The number of hydrogen-bond donors (Lipinski definition) is 3. The second-order valence-electron chi connectivity index (χ2n) is 13.0. The molecule has 2 bridgehead atoms. The van der Waals surface area contributed by atoms with E-state index >= 15 is 0 Å². The normalized spacial score (nSPS) is 27.9. The van der Waals surface area contributed by atoms with Gasteiger partial charge >= 0.3 is 0 Å². The smallest absolute Gasteiger partial charge is 0.250 e. The van der Waals surface area contributed by atoms with Crippen molar-refractivity contribution in [2.75, 3.05) is 48.4 Å². The van der Waals surface area contributed by atoms with Crippen molar-refractivity contribution in [3.05, 3.63) is 48.5 Å². The van der Waals surface area contributed by atoms with Crippen LogP contribution in [-0.4, -0.2) is 77.8 Å². The third-order valence-corrected chi connectivity index (χ3v) is 10.3. The fraction of sp³-hybridized carbons (Fsp3) is 0.583. The Morgan fingerprint density at radius 1 is 0.957 bits per heavy atom. The number of nitrogens with one attached hydrogen (secondary N) is 2. The highest BCUT2D eigenvalue weighted by Gasteiger charge is 2.79. The minimum atomic E-state index is -1.12. The molecule has 3 heterocycles. The van der Waals surface area contributed by atoms with Crippen molar-refractivity contribution in [2.45, 2.75) is 84.0 Å². The molecule has 0 radical (unpaired) electrons. The van der Waals surface area contributed by atoms with Gasteiger partial charge in [0.1, 0.15) is 17.4 Å². The number of fused-ring (bicyclic) bond motifs is 1. The highest BCUT2D eigenvalue weighted by molar-refractivity contribution is 6.05. The number of aliphatic hydroxyl groups is 1. The summed E-state index contributed by atoms with van der Waals surface area (Å²) in [6.45, 7) is 12.9. The van der Waals surface area contributed by atoms with Gasteiger partial charge in [-0.15, -0.1) is 0 Å². The van der Waals surface area contributed by atoms with E-state index in [-0.39, 0.29) is 30.2 Å². The Morgan fingerprint density at radius 3 is 2.17 bits per heavy atom. The number of carbonyl (C=O) groups excluding carboxylic acids is 3. The van der Waals surface area contributed by atoms with Gasteiger partial charge in [0.05, 0.1) is 24.0 Å². The highest BCUT2D eigenvalue weighted by Crippen LogP contribution is 2.65. The van der Waals surface area contributed by atoms with Crippen LogP contribution >= 0.6 is 0 Å². The van der Waals surface area contributed by atoms with Crippen LogP contribution in [0.15, 0.2) is 48.5 Å². The van der Waals surface area contributed by atoms with E-state index in [1.54, 1.807) is 29.2 Å². The third kappa shape index (κ3) is 6.09. The number of nitrogens with zero attached hydrogens (tertiary/aromatic N) is 2. The molecule has 250 valence electrons. The molecule has 10 heteroatoms. The predicted molar refractivity (Wildman–Crippen MR) is 179 cm³/mol. The van der Waals surface area contributed by atoms with Gasteiger partial charge in [0, 0.05) is 43.3 Å². The van der Waals surface area contributed by atoms with Crippen LogP contribution in [0.3, 0.4) is 0 Å². The van der Waals surface area contributed by atoms with Crippen molar-refractivity contribution >= 4 is 34.8 Å². The zero-order valence-electron chi connectivity index (χ0n) is 27.9. The second kappa shape index (κ2) is 14.0. The molecule has 1 spiro atoms. The molecule has 3 aliphatic rings. The fourth-order valence-corrected chi connectivity index (χ4v) is 8.00. The minimum Gasteiger partial charge on any atom is -0.494 e. The highest BCUT2D eigenvalue weighted by atomic mass is 16.5. The van der Waals surface area contributed by atoms with Crippen LogP contribution in [-0.2, 0) is 19.1 Å². The quantitative estimate of drug-likeness (QED) is 0.234. The molecule has 2 aromatic carbocycles. The van der Waals surface area contributed by atoms with Gasteiger partial charge in [-0.05, 0) is 101 Å². The largest absolute Gasteiger partial charge is 0.494 e. The van der Waals surface area contributed by atoms with Crippen molar-refractivity contribution in [3.63, 3.8) is 0 Å². The molecule has 2 aromatic rings. The van der Waals surface area contributed by atoms with Crippen LogP contribution in [0.4, 0.5) is 17.1 Å². The van der Waals surface area contributed by atoms with Gasteiger partial charge in [-0.25, -0.2) is 0 Å². The average Bonchev–Trinajstić information content (AvgIpc) is 3.55. The van der Waals surface area contributed by atoms with E-state index in [0.717, 1.165) is 31.6 Å². The number of rotatable bonds is 15. The van der Waals surface area contributed by atoms with Crippen molar-refractivity contribution in [3.8, 4) is 5.75 Å². The summed E-state index contributed by atoms with van der Waals surface area (Å²) in [5, 5.41) is 15.3. The number of anilines is 3. The molecule has 3 aliphatic heterocycles. The summed E-state index contributed by atoms with van der Waals surface area (Å²) < 4.78 is 12.4. The number of benzene rings is 2. The number of likely N-dealkylation sites (tertiary alicyclic amines) is 1. The first-order chi connectivity index (χ1) is 22.1. The number of carbonyl (C=O) groups is 3. The van der Waals surface area contributed by atoms with Gasteiger partial charge in [0.2, 0.25) is 17.7 Å². The molecule has 3 fully saturated rings. The van der Waals surface area contributed by atoms with Crippen LogP contribution in [0, 0.1) is 17.8 Å². The molecule has 0 aliphatic carbocycles. The summed E-state index contributed by atoms with van der Waals surface area (Å²) >= 11 is 0. The molecule has 10 nitrogen and oxygen atoms in total. The van der Waals surface area contributed by atoms with Gasteiger partial charge in [0.15, 0.2) is 0 Å². The van der Waals surface area contributed by atoms with Crippen LogP contribution in [0.1, 0.15) is 66.7 Å². The Kier molecular flexibility index (Phi) is 10.3. The van der Waals surface area contributed by atoms with E-state index in [1.807, 2.05) is 45.0 Å². The molecule has 3 amide bonds. The monoisotopic (exact) mass is 634 g/mol. The first-order valence-corrected chi connectivity index (χ1v) is 16.9. The van der Waals surface area contributed by atoms with Crippen LogP contribution in [0.25, 0.3) is 0 Å². The van der Waals surface area contributed by atoms with Crippen LogP contribution in [0.2, 0.25) is 0 Å². The molecule has 6 atom stereocenters. The Labute approximate surface area is 272 Å². The fourth-order valence-electron chi connectivity index (χ4n) is 8.00. The maximum atomic E-state index is 14.4. The number of aliphatic hydroxyl groups excluding tert-OH is 1. The molecule has 3 N–H and O–H groups in total. The number of amides is 3. The van der Waals surface area contributed by atoms with Crippen LogP contribution < -0.4 is 20.3 Å². The maximum Gasteiger partial charge on any atom is 0.250 e. The standard InChI is InChI=1S/C36H50N4O6/c1-6-39(7-2)27-17-13-25(14-18-27)38-33(43)31-36-23-24(4)35(5,46-36)29(30(36)34(44)40(31)21-11-9-10-12-22-41)32(42)37-26-15-19-28(20-16-26)45-8-3/h13-20,24,29-31,41H,6-12,21-23H2,1-5H3,(H,37,42)(H,38,43)/t24?,29-,30-,31?,35+,36?/m0/s1. The van der Waals surface area contributed by atoms with Crippen molar-refractivity contribution < 1.29 is 29.0 Å². The summed E-state index contributed by atoms with van der Waals surface area (Å²) in [6.07, 6.45) is 3.54. The third-order valence-electron chi connectivity index (χ3n) is 10.3. The van der Waals surface area contributed by atoms with Crippen molar-refractivity contribution in [2.24, 2.45) is 17.8 Å². The predicted octanol–water partition coefficient (Wildman–Crippen LogP) is 5.07. The van der Waals surface area contributed by atoms with E-state index in [2.05, 4.69) is 29.4 Å². The van der Waals surface area contributed by atoms with Crippen molar-refractivity contribution in [1.82, 2.24) is 4.90 Å². The summed E-state index contributed by atoms with van der Waals surface area (Å²) in [4.78, 5) is 46.7. The molecular formula is C36H50N4O6.